The monoisotopic (exact) mass is 311 g/mol. The Morgan fingerprint density at radius 1 is 1.19 bits per heavy atom. The molecule has 2 aromatic rings. The summed E-state index contributed by atoms with van der Waals surface area (Å²) in [6.45, 7) is 1.52. The minimum absolute atomic E-state index is 0.132. The fourth-order valence-corrected chi connectivity index (χ4v) is 2.22. The van der Waals surface area contributed by atoms with Crippen LogP contribution in [-0.2, 0) is 6.54 Å². The van der Waals surface area contributed by atoms with Gasteiger partial charge < -0.3 is 10.1 Å². The summed E-state index contributed by atoms with van der Waals surface area (Å²) in [4.78, 5) is 0. The SMILES string of the molecule is Cc1cccc(NCc2cc(Cl)ccc2OC(F)F)c1C. The minimum Gasteiger partial charge on any atom is -0.434 e. The number of hydrogen-bond donors (Lipinski definition) is 1. The Kier molecular flexibility index (Phi) is 5.02. The molecule has 0 unspecified atom stereocenters. The van der Waals surface area contributed by atoms with E-state index in [1.807, 2.05) is 32.0 Å². The van der Waals surface area contributed by atoms with E-state index >= 15 is 0 Å². The zero-order valence-electron chi connectivity index (χ0n) is 11.8. The standard InChI is InChI=1S/C16H16ClF2NO/c1-10-4-3-5-14(11(10)2)20-9-12-8-13(17)6-7-15(12)21-16(18)19/h3-8,16,20H,9H2,1-2H3. The third-order valence-corrected chi connectivity index (χ3v) is 3.55. The van der Waals surface area contributed by atoms with Gasteiger partial charge >= 0.3 is 6.61 Å². The first kappa shape index (κ1) is 15.6. The van der Waals surface area contributed by atoms with Gasteiger partial charge in [0.1, 0.15) is 5.75 Å². The van der Waals surface area contributed by atoms with Gasteiger partial charge in [-0.05, 0) is 49.2 Å². The Morgan fingerprint density at radius 3 is 2.67 bits per heavy atom. The first-order valence-corrected chi connectivity index (χ1v) is 6.88. The molecule has 5 heteroatoms. The highest BCUT2D eigenvalue weighted by Crippen LogP contribution is 2.26. The Balaban J connectivity index is 2.19. The van der Waals surface area contributed by atoms with Crippen molar-refractivity contribution >= 4 is 17.3 Å². The van der Waals surface area contributed by atoms with Crippen molar-refractivity contribution in [2.45, 2.75) is 27.0 Å². The van der Waals surface area contributed by atoms with Crippen molar-refractivity contribution in [3.8, 4) is 5.75 Å². The van der Waals surface area contributed by atoms with E-state index in [2.05, 4.69) is 10.1 Å². The number of hydrogen-bond acceptors (Lipinski definition) is 2. The van der Waals surface area contributed by atoms with Gasteiger partial charge in [-0.1, -0.05) is 23.7 Å². The molecule has 2 rings (SSSR count). The van der Waals surface area contributed by atoms with Crippen LogP contribution in [0, 0.1) is 13.8 Å². The smallest absolute Gasteiger partial charge is 0.387 e. The number of rotatable bonds is 5. The molecule has 0 amide bonds. The van der Waals surface area contributed by atoms with Crippen molar-refractivity contribution in [3.05, 3.63) is 58.1 Å². The summed E-state index contributed by atoms with van der Waals surface area (Å²) < 4.78 is 29.3. The van der Waals surface area contributed by atoms with Gasteiger partial charge in [-0.3, -0.25) is 0 Å². The zero-order chi connectivity index (χ0) is 15.4. The number of aryl methyl sites for hydroxylation is 1. The van der Waals surface area contributed by atoms with Crippen LogP contribution in [0.5, 0.6) is 5.75 Å². The largest absolute Gasteiger partial charge is 0.434 e. The van der Waals surface area contributed by atoms with E-state index in [0.29, 0.717) is 17.1 Å². The molecule has 0 saturated heterocycles. The first-order chi connectivity index (χ1) is 9.97. The highest BCUT2D eigenvalue weighted by Gasteiger charge is 2.10. The van der Waals surface area contributed by atoms with Crippen LogP contribution in [-0.4, -0.2) is 6.61 Å². The molecule has 21 heavy (non-hydrogen) atoms. The van der Waals surface area contributed by atoms with E-state index in [0.717, 1.165) is 16.8 Å². The van der Waals surface area contributed by atoms with Crippen molar-refractivity contribution in [2.75, 3.05) is 5.32 Å². The van der Waals surface area contributed by atoms with Gasteiger partial charge in [0, 0.05) is 22.8 Å². The van der Waals surface area contributed by atoms with Gasteiger partial charge in [0.2, 0.25) is 0 Å². The lowest BCUT2D eigenvalue weighted by atomic mass is 10.1. The van der Waals surface area contributed by atoms with Gasteiger partial charge in [0.15, 0.2) is 0 Å². The van der Waals surface area contributed by atoms with Crippen molar-refractivity contribution in [3.63, 3.8) is 0 Å². The third kappa shape index (κ3) is 4.08. The second-order valence-electron chi connectivity index (χ2n) is 4.73. The molecule has 2 aromatic carbocycles. The van der Waals surface area contributed by atoms with Crippen LogP contribution in [0.2, 0.25) is 5.02 Å². The molecule has 0 heterocycles. The fraction of sp³-hybridized carbons (Fsp3) is 0.250. The van der Waals surface area contributed by atoms with Gasteiger partial charge in [0.25, 0.3) is 0 Å². The van der Waals surface area contributed by atoms with Gasteiger partial charge in [-0.2, -0.15) is 8.78 Å². The van der Waals surface area contributed by atoms with Crippen molar-refractivity contribution in [1.29, 1.82) is 0 Å². The van der Waals surface area contributed by atoms with Crippen LogP contribution in [0.25, 0.3) is 0 Å². The lowest BCUT2D eigenvalue weighted by Crippen LogP contribution is -2.08. The van der Waals surface area contributed by atoms with Crippen LogP contribution in [0.3, 0.4) is 0 Å². The van der Waals surface area contributed by atoms with Crippen LogP contribution >= 0.6 is 11.6 Å². The van der Waals surface area contributed by atoms with Crippen LogP contribution in [0.4, 0.5) is 14.5 Å². The van der Waals surface area contributed by atoms with E-state index in [-0.39, 0.29) is 5.75 Å². The molecule has 0 fully saturated rings. The average Bonchev–Trinajstić information content (AvgIpc) is 2.42. The highest BCUT2D eigenvalue weighted by molar-refractivity contribution is 6.30. The number of ether oxygens (including phenoxy) is 1. The van der Waals surface area contributed by atoms with Crippen molar-refractivity contribution < 1.29 is 13.5 Å². The molecule has 0 saturated carbocycles. The van der Waals surface area contributed by atoms with Crippen molar-refractivity contribution in [1.82, 2.24) is 0 Å². The zero-order valence-corrected chi connectivity index (χ0v) is 12.5. The normalized spacial score (nSPS) is 10.8. The summed E-state index contributed by atoms with van der Waals surface area (Å²) in [5.74, 6) is 0.132. The predicted molar refractivity (Wildman–Crippen MR) is 81.3 cm³/mol. The maximum absolute atomic E-state index is 12.4. The number of benzene rings is 2. The maximum atomic E-state index is 12.4. The molecule has 0 aliphatic carbocycles. The molecular weight excluding hydrogens is 296 g/mol. The Labute approximate surface area is 127 Å². The summed E-state index contributed by atoms with van der Waals surface area (Å²) in [7, 11) is 0. The lowest BCUT2D eigenvalue weighted by molar-refractivity contribution is -0.0504. The average molecular weight is 312 g/mol. The molecule has 0 aliphatic rings. The summed E-state index contributed by atoms with van der Waals surface area (Å²) in [5, 5.41) is 3.71. The molecule has 0 spiro atoms. The first-order valence-electron chi connectivity index (χ1n) is 6.50. The van der Waals surface area contributed by atoms with E-state index < -0.39 is 6.61 Å². The maximum Gasteiger partial charge on any atom is 0.387 e. The Bertz CT molecular complexity index is 632. The molecule has 0 bridgehead atoms. The van der Waals surface area contributed by atoms with E-state index in [9.17, 15) is 8.78 Å². The van der Waals surface area contributed by atoms with Gasteiger partial charge in [-0.25, -0.2) is 0 Å². The quantitative estimate of drug-likeness (QED) is 0.822. The number of nitrogens with one attached hydrogen (secondary N) is 1. The molecule has 112 valence electrons. The van der Waals surface area contributed by atoms with E-state index in [4.69, 9.17) is 11.6 Å². The van der Waals surface area contributed by atoms with Crippen LogP contribution in [0.15, 0.2) is 36.4 Å². The molecule has 0 radical (unpaired) electrons. The summed E-state index contributed by atoms with van der Waals surface area (Å²) in [6.07, 6.45) is 0. The molecule has 0 atom stereocenters. The Morgan fingerprint density at radius 2 is 1.95 bits per heavy atom. The number of anilines is 1. The number of halogens is 3. The predicted octanol–water partition coefficient (Wildman–Crippen LogP) is 5.17. The number of alkyl halides is 2. The molecule has 0 aromatic heterocycles. The summed E-state index contributed by atoms with van der Waals surface area (Å²) in [6, 6.07) is 10.5. The van der Waals surface area contributed by atoms with Crippen LogP contribution < -0.4 is 10.1 Å². The van der Waals surface area contributed by atoms with Gasteiger partial charge in [0.05, 0.1) is 0 Å². The summed E-state index contributed by atoms with van der Waals surface area (Å²) in [5.41, 5.74) is 3.83. The second-order valence-corrected chi connectivity index (χ2v) is 5.17. The molecular formula is C16H16ClF2NO. The summed E-state index contributed by atoms with van der Waals surface area (Å²) >= 11 is 5.92. The second kappa shape index (κ2) is 6.76. The topological polar surface area (TPSA) is 21.3 Å². The molecule has 2 nitrogen and oxygen atoms in total. The van der Waals surface area contributed by atoms with E-state index in [1.54, 1.807) is 6.07 Å². The molecule has 0 aliphatic heterocycles. The van der Waals surface area contributed by atoms with Crippen LogP contribution in [0.1, 0.15) is 16.7 Å². The Hall–Kier alpha value is -1.81. The highest BCUT2D eigenvalue weighted by atomic mass is 35.5. The third-order valence-electron chi connectivity index (χ3n) is 3.31. The lowest BCUT2D eigenvalue weighted by Gasteiger charge is -2.14. The van der Waals surface area contributed by atoms with Gasteiger partial charge in [-0.15, -0.1) is 0 Å². The van der Waals surface area contributed by atoms with E-state index in [1.165, 1.54) is 12.1 Å². The fourth-order valence-electron chi connectivity index (χ4n) is 2.03. The van der Waals surface area contributed by atoms with Crippen molar-refractivity contribution in [2.24, 2.45) is 0 Å². The minimum atomic E-state index is -2.86. The molecule has 1 N–H and O–H groups in total.